The number of hydrogen-bond acceptors (Lipinski definition) is 6. The number of rotatable bonds is 3. The molecule has 0 atom stereocenters. The summed E-state index contributed by atoms with van der Waals surface area (Å²) >= 11 is 0. The van der Waals surface area contributed by atoms with Crippen molar-refractivity contribution < 1.29 is 21.9 Å². The average Bonchev–Trinajstić information content (AvgIpc) is 2.39. The monoisotopic (exact) mass is 293 g/mol. The van der Waals surface area contributed by atoms with Crippen LogP contribution in [0.25, 0.3) is 0 Å². The van der Waals surface area contributed by atoms with E-state index in [-0.39, 0.29) is 5.95 Å². The molecule has 1 aromatic heterocycles. The van der Waals surface area contributed by atoms with Crippen LogP contribution in [0.5, 0.6) is 0 Å². The Morgan fingerprint density at radius 1 is 1.37 bits per heavy atom. The van der Waals surface area contributed by atoms with Crippen molar-refractivity contribution in [3.8, 4) is 0 Å². The van der Waals surface area contributed by atoms with E-state index in [1.807, 2.05) is 0 Å². The van der Waals surface area contributed by atoms with Gasteiger partial charge in [0.1, 0.15) is 5.69 Å². The molecule has 9 heteroatoms. The first-order valence-corrected chi connectivity index (χ1v) is 7.45. The standard InChI is InChI=1S/C10H13F2N3O3S/c1-19(16,17)10(11,12)8-2-3-13-9(14-8)15-4-6-18-7-5-15/h2-3H,4-7H2,1H3. The summed E-state index contributed by atoms with van der Waals surface area (Å²) in [6, 6.07) is 0.908. The van der Waals surface area contributed by atoms with Crippen molar-refractivity contribution in [1.29, 1.82) is 0 Å². The van der Waals surface area contributed by atoms with Gasteiger partial charge in [-0.2, -0.15) is 8.78 Å². The molecule has 0 N–H and O–H groups in total. The predicted octanol–water partition coefficient (Wildman–Crippen LogP) is 0.407. The van der Waals surface area contributed by atoms with Gasteiger partial charge in [-0.1, -0.05) is 0 Å². The summed E-state index contributed by atoms with van der Waals surface area (Å²) in [5.41, 5.74) is -0.813. The van der Waals surface area contributed by atoms with Gasteiger partial charge in [-0.05, 0) is 6.07 Å². The zero-order chi connectivity index (χ0) is 14.1. The fraction of sp³-hybridized carbons (Fsp3) is 0.600. The second-order valence-electron chi connectivity index (χ2n) is 4.13. The summed E-state index contributed by atoms with van der Waals surface area (Å²) < 4.78 is 54.7. The molecule has 0 spiro atoms. The summed E-state index contributed by atoms with van der Waals surface area (Å²) in [6.45, 7) is 1.87. The Kier molecular flexibility index (Phi) is 3.68. The normalized spacial score (nSPS) is 17.5. The van der Waals surface area contributed by atoms with Gasteiger partial charge in [0.05, 0.1) is 13.2 Å². The highest BCUT2D eigenvalue weighted by molar-refractivity contribution is 7.91. The number of sulfone groups is 1. The Bertz CT molecular complexity index is 559. The largest absolute Gasteiger partial charge is 0.386 e. The van der Waals surface area contributed by atoms with Crippen molar-refractivity contribution in [2.45, 2.75) is 5.25 Å². The molecule has 0 saturated carbocycles. The van der Waals surface area contributed by atoms with Crippen LogP contribution in [0.4, 0.5) is 14.7 Å². The Hall–Kier alpha value is -1.35. The van der Waals surface area contributed by atoms with Crippen molar-refractivity contribution in [3.05, 3.63) is 18.0 Å². The van der Waals surface area contributed by atoms with Crippen LogP contribution in [0.2, 0.25) is 0 Å². The molecule has 19 heavy (non-hydrogen) atoms. The van der Waals surface area contributed by atoms with Crippen LogP contribution < -0.4 is 4.90 Å². The third-order valence-corrected chi connectivity index (χ3v) is 3.84. The summed E-state index contributed by atoms with van der Waals surface area (Å²) in [5, 5.41) is -4.02. The third kappa shape index (κ3) is 2.81. The Morgan fingerprint density at radius 2 is 2.00 bits per heavy atom. The van der Waals surface area contributed by atoms with Crippen molar-refractivity contribution >= 4 is 15.8 Å². The van der Waals surface area contributed by atoms with Crippen LogP contribution in [0.15, 0.2) is 12.3 Å². The maximum absolute atomic E-state index is 13.7. The summed E-state index contributed by atoms with van der Waals surface area (Å²) in [5.74, 6) is 0.0872. The minimum atomic E-state index is -4.57. The first-order valence-electron chi connectivity index (χ1n) is 5.56. The zero-order valence-corrected chi connectivity index (χ0v) is 11.0. The molecule has 0 amide bonds. The third-order valence-electron chi connectivity index (χ3n) is 2.70. The number of nitrogens with zero attached hydrogens (tertiary/aromatic N) is 3. The van der Waals surface area contributed by atoms with E-state index in [4.69, 9.17) is 4.74 Å². The number of anilines is 1. The van der Waals surface area contributed by atoms with Crippen molar-refractivity contribution in [2.24, 2.45) is 0 Å². The molecule has 0 bridgehead atoms. The molecule has 0 unspecified atom stereocenters. The first kappa shape index (κ1) is 14.1. The first-order chi connectivity index (χ1) is 8.82. The molecule has 0 aliphatic carbocycles. The van der Waals surface area contributed by atoms with Gasteiger partial charge < -0.3 is 9.64 Å². The SMILES string of the molecule is CS(=O)(=O)C(F)(F)c1ccnc(N2CCOCC2)n1. The summed E-state index contributed by atoms with van der Waals surface area (Å²) in [6.07, 6.45) is 1.61. The van der Waals surface area contributed by atoms with Crippen molar-refractivity contribution in [1.82, 2.24) is 9.97 Å². The van der Waals surface area contributed by atoms with E-state index in [1.165, 1.54) is 0 Å². The zero-order valence-electron chi connectivity index (χ0n) is 10.2. The van der Waals surface area contributed by atoms with Gasteiger partial charge in [0, 0.05) is 25.5 Å². The lowest BCUT2D eigenvalue weighted by Gasteiger charge is -2.27. The van der Waals surface area contributed by atoms with Crippen LogP contribution in [-0.2, 0) is 19.8 Å². The summed E-state index contributed by atoms with van der Waals surface area (Å²) in [4.78, 5) is 9.23. The van der Waals surface area contributed by atoms with E-state index in [0.29, 0.717) is 32.6 Å². The molecule has 2 heterocycles. The van der Waals surface area contributed by atoms with Gasteiger partial charge >= 0.3 is 5.25 Å². The van der Waals surface area contributed by atoms with Crippen LogP contribution in [-0.4, -0.2) is 50.9 Å². The number of alkyl halides is 2. The van der Waals surface area contributed by atoms with Gasteiger partial charge in [0.25, 0.3) is 0 Å². The van der Waals surface area contributed by atoms with Gasteiger partial charge in [-0.25, -0.2) is 18.4 Å². The molecule has 0 aromatic carbocycles. The number of ether oxygens (including phenoxy) is 1. The lowest BCUT2D eigenvalue weighted by Crippen LogP contribution is -2.38. The quantitative estimate of drug-likeness (QED) is 0.803. The van der Waals surface area contributed by atoms with Gasteiger partial charge in [-0.3, -0.25) is 0 Å². The van der Waals surface area contributed by atoms with Crippen LogP contribution in [0.1, 0.15) is 5.69 Å². The topological polar surface area (TPSA) is 72.4 Å². The fourth-order valence-corrected chi connectivity index (χ4v) is 2.11. The Balaban J connectivity index is 2.34. The van der Waals surface area contributed by atoms with Crippen molar-refractivity contribution in [2.75, 3.05) is 37.5 Å². The van der Waals surface area contributed by atoms with E-state index in [0.717, 1.165) is 12.3 Å². The van der Waals surface area contributed by atoms with E-state index < -0.39 is 20.8 Å². The number of hydrogen-bond donors (Lipinski definition) is 0. The second-order valence-corrected chi connectivity index (χ2v) is 6.19. The molecule has 6 nitrogen and oxygen atoms in total. The maximum Gasteiger partial charge on any atom is 0.386 e. The van der Waals surface area contributed by atoms with Crippen LogP contribution in [0.3, 0.4) is 0 Å². The molecule has 1 fully saturated rings. The fourth-order valence-electron chi connectivity index (χ4n) is 1.62. The Morgan fingerprint density at radius 3 is 2.58 bits per heavy atom. The number of morpholine rings is 1. The minimum absolute atomic E-state index is 0.0872. The predicted molar refractivity (Wildman–Crippen MR) is 63.8 cm³/mol. The highest BCUT2D eigenvalue weighted by Gasteiger charge is 2.45. The average molecular weight is 293 g/mol. The van der Waals surface area contributed by atoms with E-state index in [2.05, 4.69) is 9.97 Å². The maximum atomic E-state index is 13.7. The molecular weight excluding hydrogens is 280 g/mol. The molecule has 106 valence electrons. The minimum Gasteiger partial charge on any atom is -0.378 e. The van der Waals surface area contributed by atoms with Gasteiger partial charge in [0.15, 0.2) is 0 Å². The number of aromatic nitrogens is 2. The van der Waals surface area contributed by atoms with E-state index >= 15 is 0 Å². The smallest absolute Gasteiger partial charge is 0.378 e. The lowest BCUT2D eigenvalue weighted by molar-refractivity contribution is 0.0862. The molecule has 1 aliphatic rings. The highest BCUT2D eigenvalue weighted by Crippen LogP contribution is 2.32. The van der Waals surface area contributed by atoms with Crippen molar-refractivity contribution in [3.63, 3.8) is 0 Å². The van der Waals surface area contributed by atoms with Crippen LogP contribution >= 0.6 is 0 Å². The molecule has 1 aromatic rings. The van der Waals surface area contributed by atoms with E-state index in [9.17, 15) is 17.2 Å². The van der Waals surface area contributed by atoms with Gasteiger partial charge in [-0.15, -0.1) is 0 Å². The summed E-state index contributed by atoms with van der Waals surface area (Å²) in [7, 11) is -4.57. The molecule has 2 rings (SSSR count). The van der Waals surface area contributed by atoms with Crippen LogP contribution in [0, 0.1) is 0 Å². The Labute approximate surface area is 109 Å². The highest BCUT2D eigenvalue weighted by atomic mass is 32.2. The lowest BCUT2D eigenvalue weighted by atomic mass is 10.4. The van der Waals surface area contributed by atoms with E-state index in [1.54, 1.807) is 4.90 Å². The second kappa shape index (κ2) is 4.97. The molecular formula is C10H13F2N3O3S. The number of halogens is 2. The molecule has 1 saturated heterocycles. The molecule has 0 radical (unpaired) electrons. The van der Waals surface area contributed by atoms with Gasteiger partial charge in [0.2, 0.25) is 15.8 Å². The molecule has 1 aliphatic heterocycles.